The highest BCUT2D eigenvalue weighted by Crippen LogP contribution is 2.37. The molecule has 2 aliphatic heterocycles. The predicted molar refractivity (Wildman–Crippen MR) is 80.4 cm³/mol. The highest BCUT2D eigenvalue weighted by atomic mass is 35.5. The highest BCUT2D eigenvalue weighted by molar-refractivity contribution is 6.25. The van der Waals surface area contributed by atoms with Crippen LogP contribution in [0.3, 0.4) is 0 Å². The molecule has 120 valence electrons. The van der Waals surface area contributed by atoms with E-state index in [-0.39, 0.29) is 18.3 Å². The van der Waals surface area contributed by atoms with E-state index in [1.165, 1.54) is 5.54 Å². The number of ether oxygens (including phenoxy) is 5. The molecule has 0 aromatic heterocycles. The third kappa shape index (κ3) is 2.93. The summed E-state index contributed by atoms with van der Waals surface area (Å²) >= 11 is 5.92. The fraction of sp³-hybridized carbons (Fsp3) is 0.500. The van der Waals surface area contributed by atoms with Crippen LogP contribution in [0.4, 0.5) is 0 Å². The lowest BCUT2D eigenvalue weighted by molar-refractivity contribution is -0.320. The summed E-state index contributed by atoms with van der Waals surface area (Å²) in [6, 6.07) is 9.78. The van der Waals surface area contributed by atoms with Crippen molar-refractivity contribution >= 4 is 11.6 Å². The van der Waals surface area contributed by atoms with Gasteiger partial charge in [0.15, 0.2) is 12.6 Å². The Morgan fingerprint density at radius 3 is 2.55 bits per heavy atom. The number of methoxy groups -OCH3 is 2. The van der Waals surface area contributed by atoms with Gasteiger partial charge in [0.2, 0.25) is 0 Å². The summed E-state index contributed by atoms with van der Waals surface area (Å²) in [4.78, 5) is 0. The van der Waals surface area contributed by atoms with Crippen molar-refractivity contribution in [2.75, 3.05) is 20.8 Å². The minimum absolute atomic E-state index is 0.268. The fourth-order valence-corrected chi connectivity index (χ4v) is 3.08. The summed E-state index contributed by atoms with van der Waals surface area (Å²) in [6.07, 6.45) is -1.91. The van der Waals surface area contributed by atoms with Gasteiger partial charge in [-0.25, -0.2) is 0 Å². The average molecular weight is 327 g/mol. The molecule has 5 atom stereocenters. The molecule has 0 radical (unpaired) electrons. The van der Waals surface area contributed by atoms with E-state index < -0.39 is 12.6 Å². The van der Waals surface area contributed by atoms with Crippen LogP contribution in [0.2, 0.25) is 0 Å². The van der Waals surface area contributed by atoms with Crippen molar-refractivity contribution in [1.82, 2.24) is 0 Å². The molecule has 5 nitrogen and oxygen atoms in total. The first-order chi connectivity index (χ1) is 10.8. The summed E-state index contributed by atoms with van der Waals surface area (Å²) < 4.78 is 28.6. The summed E-state index contributed by atoms with van der Waals surface area (Å²) in [5.41, 5.74) is 3.11. The molecule has 22 heavy (non-hydrogen) atoms. The smallest absolute Gasteiger partial charge is 0.184 e. The molecule has 0 N–H and O–H groups in total. The van der Waals surface area contributed by atoms with Gasteiger partial charge in [-0.05, 0) is 0 Å². The van der Waals surface area contributed by atoms with Crippen LogP contribution < -0.4 is 0 Å². The Balaban J connectivity index is 1.82. The average Bonchev–Trinajstić information content (AvgIpc) is 2.60. The van der Waals surface area contributed by atoms with Gasteiger partial charge in [0.1, 0.15) is 18.3 Å². The van der Waals surface area contributed by atoms with Gasteiger partial charge in [0, 0.05) is 30.9 Å². The largest absolute Gasteiger partial charge is 0.374 e. The molecule has 2 aliphatic rings. The minimum atomic E-state index is -0.552. The van der Waals surface area contributed by atoms with Gasteiger partial charge in [-0.2, -0.15) is 0 Å². The van der Waals surface area contributed by atoms with E-state index >= 15 is 0 Å². The number of hydrogen-bond donors (Lipinski definition) is 0. The van der Waals surface area contributed by atoms with E-state index in [0.717, 1.165) is 5.56 Å². The molecule has 0 bridgehead atoms. The zero-order valence-electron chi connectivity index (χ0n) is 12.5. The lowest BCUT2D eigenvalue weighted by Gasteiger charge is -2.46. The Morgan fingerprint density at radius 1 is 1.14 bits per heavy atom. The Morgan fingerprint density at radius 2 is 1.91 bits per heavy atom. The molecule has 6 heteroatoms. The van der Waals surface area contributed by atoms with Gasteiger partial charge in [-0.1, -0.05) is 41.9 Å². The Hall–Kier alpha value is -0.950. The van der Waals surface area contributed by atoms with E-state index in [2.05, 4.69) is 0 Å². The number of benzene rings is 1. The van der Waals surface area contributed by atoms with Gasteiger partial charge >= 0.3 is 0 Å². The number of halogens is 1. The lowest BCUT2D eigenvalue weighted by Crippen LogP contribution is -2.56. The van der Waals surface area contributed by atoms with Crippen LogP contribution in [0.15, 0.2) is 41.4 Å². The van der Waals surface area contributed by atoms with Gasteiger partial charge in [0.25, 0.3) is 0 Å². The number of fused-ring (bicyclic) bond motifs is 1. The van der Waals surface area contributed by atoms with Crippen molar-refractivity contribution in [3.05, 3.63) is 47.0 Å². The normalized spacial score (nSPS) is 37.0. The van der Waals surface area contributed by atoms with Crippen molar-refractivity contribution in [1.29, 1.82) is 0 Å². The van der Waals surface area contributed by atoms with Crippen LogP contribution in [-0.2, 0) is 23.7 Å². The summed E-state index contributed by atoms with van der Waals surface area (Å²) in [5, 5.41) is 0. The molecule has 2 heterocycles. The van der Waals surface area contributed by atoms with Crippen molar-refractivity contribution in [2.24, 2.45) is 0 Å². The molecule has 3 rings (SSSR count). The Bertz CT molecular complexity index is 521. The third-order valence-corrected chi connectivity index (χ3v) is 4.17. The molecule has 0 aliphatic carbocycles. The predicted octanol–water partition coefficient (Wildman–Crippen LogP) is 2.61. The van der Waals surface area contributed by atoms with E-state index in [1.54, 1.807) is 14.2 Å². The van der Waals surface area contributed by atoms with Crippen molar-refractivity contribution in [2.45, 2.75) is 30.9 Å². The maximum atomic E-state index is 6.08. The minimum Gasteiger partial charge on any atom is -0.374 e. The third-order valence-electron chi connectivity index (χ3n) is 3.92. The summed E-state index contributed by atoms with van der Waals surface area (Å²) in [6.45, 7) is 0.402. The zero-order valence-corrected chi connectivity index (χ0v) is 13.2. The summed E-state index contributed by atoms with van der Waals surface area (Å²) in [7, 11) is 3.19. The molecule has 2 saturated heterocycles. The zero-order chi connectivity index (χ0) is 15.5. The second-order valence-electron chi connectivity index (χ2n) is 5.18. The molecule has 0 spiro atoms. The maximum Gasteiger partial charge on any atom is 0.184 e. The molecule has 2 fully saturated rings. The van der Waals surface area contributed by atoms with Crippen LogP contribution in [-0.4, -0.2) is 45.4 Å². The molecule has 1 aromatic carbocycles. The lowest BCUT2D eigenvalue weighted by atomic mass is 9.96. The van der Waals surface area contributed by atoms with Crippen LogP contribution >= 0.6 is 11.6 Å². The van der Waals surface area contributed by atoms with Gasteiger partial charge in [0.05, 0.1) is 6.61 Å². The first-order valence-electron chi connectivity index (χ1n) is 7.11. The monoisotopic (exact) mass is 326 g/mol. The summed E-state index contributed by atoms with van der Waals surface area (Å²) in [5.74, 6) is 0. The van der Waals surface area contributed by atoms with Gasteiger partial charge in [-0.3, -0.25) is 0 Å². The van der Waals surface area contributed by atoms with Gasteiger partial charge in [-0.15, -0.1) is 0 Å². The molecular formula is C16H19ClO5. The van der Waals surface area contributed by atoms with Crippen LogP contribution in [0.1, 0.15) is 11.9 Å². The van der Waals surface area contributed by atoms with Crippen molar-refractivity contribution < 1.29 is 23.7 Å². The number of hydrogen-bond acceptors (Lipinski definition) is 5. The molecule has 1 unspecified atom stereocenters. The van der Waals surface area contributed by atoms with Crippen LogP contribution in [0, 0.1) is 0 Å². The molecular weight excluding hydrogens is 308 g/mol. The van der Waals surface area contributed by atoms with E-state index in [0.29, 0.717) is 12.2 Å². The standard InChI is InChI=1S/C16H19ClO5/c1-18-13-11(8-17)16(19-2)21-12-9-20-15(22-14(12)13)10-6-4-3-5-7-10/h3-8,12-16H,9H2,1-2H3/b11-8-/t12-,13-,14-,15?,16+/m1/s1. The van der Waals surface area contributed by atoms with Crippen molar-refractivity contribution in [3.63, 3.8) is 0 Å². The second kappa shape index (κ2) is 7.08. The molecule has 0 amide bonds. The molecule has 1 aromatic rings. The number of rotatable bonds is 3. The van der Waals surface area contributed by atoms with E-state index in [4.69, 9.17) is 35.3 Å². The fourth-order valence-electron chi connectivity index (χ4n) is 2.85. The molecule has 0 saturated carbocycles. The van der Waals surface area contributed by atoms with Crippen LogP contribution in [0.5, 0.6) is 0 Å². The van der Waals surface area contributed by atoms with Crippen molar-refractivity contribution in [3.8, 4) is 0 Å². The second-order valence-corrected chi connectivity index (χ2v) is 5.40. The highest BCUT2D eigenvalue weighted by Gasteiger charge is 2.47. The first-order valence-corrected chi connectivity index (χ1v) is 7.55. The SMILES string of the molecule is CO[C@H]1O[C@@H]2COC(c3ccccc3)O[C@H]2[C@H](OC)/C1=C/Cl. The topological polar surface area (TPSA) is 46.2 Å². The maximum absolute atomic E-state index is 6.08. The van der Waals surface area contributed by atoms with E-state index in [9.17, 15) is 0 Å². The Kier molecular flexibility index (Phi) is 5.13. The van der Waals surface area contributed by atoms with Crippen LogP contribution in [0.25, 0.3) is 0 Å². The first kappa shape index (κ1) is 15.9. The Labute approximate surface area is 134 Å². The van der Waals surface area contributed by atoms with E-state index in [1.807, 2.05) is 30.3 Å². The quantitative estimate of drug-likeness (QED) is 0.854. The van der Waals surface area contributed by atoms with Gasteiger partial charge < -0.3 is 23.7 Å².